The van der Waals surface area contributed by atoms with Crippen molar-refractivity contribution >= 4 is 34.8 Å². The molecule has 0 saturated carbocycles. The fourth-order valence-electron chi connectivity index (χ4n) is 2.67. The van der Waals surface area contributed by atoms with Crippen LogP contribution in [0.4, 0.5) is 14.5 Å². The highest BCUT2D eigenvalue weighted by atomic mass is 35.5. The van der Waals surface area contributed by atoms with Crippen LogP contribution >= 0.6 is 23.2 Å². The molecule has 0 aliphatic carbocycles. The highest BCUT2D eigenvalue weighted by Gasteiger charge is 2.21. The Morgan fingerprint density at radius 2 is 1.96 bits per heavy atom. The second kappa shape index (κ2) is 7.66. The molecule has 1 aromatic carbocycles. The molecule has 0 saturated heterocycles. The number of halogens is 4. The van der Waals surface area contributed by atoms with Gasteiger partial charge in [-0.3, -0.25) is 9.48 Å². The van der Waals surface area contributed by atoms with Gasteiger partial charge >= 0.3 is 6.55 Å². The van der Waals surface area contributed by atoms with Crippen LogP contribution in [-0.2, 0) is 6.54 Å². The van der Waals surface area contributed by atoms with Gasteiger partial charge in [-0.15, -0.1) is 0 Å². The average molecular weight is 414 g/mol. The van der Waals surface area contributed by atoms with Crippen LogP contribution in [0.5, 0.6) is 0 Å². The van der Waals surface area contributed by atoms with Gasteiger partial charge in [0.05, 0.1) is 33.7 Å². The van der Waals surface area contributed by atoms with Crippen molar-refractivity contribution in [1.82, 2.24) is 19.6 Å². The number of nitrogens with one attached hydrogen (secondary N) is 1. The second-order valence-electron chi connectivity index (χ2n) is 5.84. The van der Waals surface area contributed by atoms with E-state index in [9.17, 15) is 13.6 Å². The Labute approximate surface area is 163 Å². The lowest BCUT2D eigenvalue weighted by atomic mass is 10.2. The lowest BCUT2D eigenvalue weighted by molar-refractivity contribution is 0.0520. The van der Waals surface area contributed by atoms with E-state index in [1.807, 2.05) is 6.07 Å². The van der Waals surface area contributed by atoms with Crippen LogP contribution < -0.4 is 5.32 Å². The van der Waals surface area contributed by atoms with Crippen molar-refractivity contribution in [3.8, 4) is 0 Å². The van der Waals surface area contributed by atoms with Gasteiger partial charge in [-0.2, -0.15) is 23.7 Å². The Balaban J connectivity index is 1.84. The number of hydrogen-bond acceptors (Lipinski definition) is 3. The first-order valence-electron chi connectivity index (χ1n) is 7.89. The van der Waals surface area contributed by atoms with Crippen molar-refractivity contribution in [3.05, 3.63) is 63.2 Å². The summed E-state index contributed by atoms with van der Waals surface area (Å²) in [6.45, 7) is 1.00. The van der Waals surface area contributed by atoms with Crippen LogP contribution in [0.2, 0.25) is 10.0 Å². The Kier molecular flexibility index (Phi) is 5.48. The first-order chi connectivity index (χ1) is 12.8. The number of carbonyl (C=O) groups excluding carboxylic acids is 1. The van der Waals surface area contributed by atoms with Crippen LogP contribution in [0.1, 0.15) is 34.0 Å². The van der Waals surface area contributed by atoms with E-state index in [2.05, 4.69) is 15.5 Å². The molecule has 0 spiro atoms. The lowest BCUT2D eigenvalue weighted by Gasteiger charge is -2.09. The minimum atomic E-state index is -2.90. The summed E-state index contributed by atoms with van der Waals surface area (Å²) in [6, 6.07) is 6.48. The largest absolute Gasteiger partial charge is 0.333 e. The molecular weight excluding hydrogens is 399 g/mol. The molecule has 0 aliphatic heterocycles. The fraction of sp³-hybridized carbons (Fsp3) is 0.235. The minimum Gasteiger partial charge on any atom is -0.317 e. The summed E-state index contributed by atoms with van der Waals surface area (Å²) in [6.07, 6.45) is 1.15. The number of aryl methyl sites for hydroxylation is 1. The first-order valence-corrected chi connectivity index (χ1v) is 8.64. The molecular formula is C17H15Cl2F2N5O. The maximum atomic E-state index is 12.9. The van der Waals surface area contributed by atoms with Crippen LogP contribution in [0.15, 0.2) is 30.5 Å². The molecule has 3 aromatic rings. The maximum absolute atomic E-state index is 12.9. The molecule has 142 valence electrons. The average Bonchev–Trinajstić information content (AvgIpc) is 3.19. The number of rotatable bonds is 5. The number of amides is 1. The number of alkyl halides is 2. The Bertz CT molecular complexity index is 999. The fourth-order valence-corrected chi connectivity index (χ4v) is 2.99. The van der Waals surface area contributed by atoms with Gasteiger partial charge in [-0.25, -0.2) is 0 Å². The van der Waals surface area contributed by atoms with Crippen LogP contribution in [-0.4, -0.2) is 25.5 Å². The number of benzene rings is 1. The quantitative estimate of drug-likeness (QED) is 0.659. The SMILES string of the molecule is Cc1nn(Cc2ccc(Cl)c(Cl)c2)c(C)c1NC(=O)c1ccnn1C(F)F. The summed E-state index contributed by atoms with van der Waals surface area (Å²) in [4.78, 5) is 12.4. The number of anilines is 1. The topological polar surface area (TPSA) is 64.7 Å². The molecule has 0 unspecified atom stereocenters. The molecule has 1 amide bonds. The highest BCUT2D eigenvalue weighted by Crippen LogP contribution is 2.25. The van der Waals surface area contributed by atoms with Gasteiger partial charge < -0.3 is 5.32 Å². The zero-order valence-corrected chi connectivity index (χ0v) is 15.9. The number of hydrogen-bond donors (Lipinski definition) is 1. The summed E-state index contributed by atoms with van der Waals surface area (Å²) < 4.78 is 27.9. The van der Waals surface area contributed by atoms with Crippen molar-refractivity contribution in [2.45, 2.75) is 26.9 Å². The Morgan fingerprint density at radius 3 is 2.63 bits per heavy atom. The van der Waals surface area contributed by atoms with E-state index in [0.717, 1.165) is 11.8 Å². The van der Waals surface area contributed by atoms with Crippen LogP contribution in [0.3, 0.4) is 0 Å². The molecule has 27 heavy (non-hydrogen) atoms. The number of nitrogens with zero attached hydrogens (tertiary/aromatic N) is 4. The van der Waals surface area contributed by atoms with Gasteiger partial charge in [-0.05, 0) is 37.6 Å². The van der Waals surface area contributed by atoms with Gasteiger partial charge in [0.15, 0.2) is 0 Å². The molecule has 0 aliphatic rings. The third-order valence-electron chi connectivity index (χ3n) is 4.02. The van der Waals surface area contributed by atoms with Crippen LogP contribution in [0.25, 0.3) is 0 Å². The second-order valence-corrected chi connectivity index (χ2v) is 6.66. The molecule has 0 fully saturated rings. The predicted octanol–water partition coefficient (Wildman–Crippen LogP) is 4.70. The first kappa shape index (κ1) is 19.3. The third kappa shape index (κ3) is 3.96. The highest BCUT2D eigenvalue weighted by molar-refractivity contribution is 6.42. The smallest absolute Gasteiger partial charge is 0.317 e. The Morgan fingerprint density at radius 1 is 1.22 bits per heavy atom. The molecule has 1 N–H and O–H groups in total. The zero-order chi connectivity index (χ0) is 19.7. The van der Waals surface area contributed by atoms with Gasteiger partial charge in [0, 0.05) is 6.20 Å². The van der Waals surface area contributed by atoms with Gasteiger partial charge in [-0.1, -0.05) is 29.3 Å². The summed E-state index contributed by atoms with van der Waals surface area (Å²) in [5.41, 5.74) is 2.34. The molecule has 0 radical (unpaired) electrons. The number of aromatic nitrogens is 4. The van der Waals surface area contributed by atoms with Crippen molar-refractivity contribution < 1.29 is 13.6 Å². The molecule has 2 heterocycles. The van der Waals surface area contributed by atoms with E-state index in [-0.39, 0.29) is 5.69 Å². The molecule has 2 aromatic heterocycles. The Hall–Kier alpha value is -2.45. The van der Waals surface area contributed by atoms with Crippen molar-refractivity contribution in [2.24, 2.45) is 0 Å². The summed E-state index contributed by atoms with van der Waals surface area (Å²) >= 11 is 12.0. The normalized spacial score (nSPS) is 11.2. The molecule has 6 nitrogen and oxygen atoms in total. The van der Waals surface area contributed by atoms with E-state index < -0.39 is 12.5 Å². The zero-order valence-electron chi connectivity index (χ0n) is 14.4. The number of carbonyl (C=O) groups is 1. The molecule has 0 atom stereocenters. The van der Waals surface area contributed by atoms with E-state index in [0.29, 0.717) is 38.3 Å². The molecule has 0 bridgehead atoms. The van der Waals surface area contributed by atoms with E-state index in [1.54, 1.807) is 30.7 Å². The van der Waals surface area contributed by atoms with Crippen molar-refractivity contribution in [3.63, 3.8) is 0 Å². The predicted molar refractivity (Wildman–Crippen MR) is 98.7 cm³/mol. The monoisotopic (exact) mass is 413 g/mol. The molecule has 3 rings (SSSR count). The van der Waals surface area contributed by atoms with Gasteiger partial charge in [0.2, 0.25) is 0 Å². The lowest BCUT2D eigenvalue weighted by Crippen LogP contribution is -2.19. The summed E-state index contributed by atoms with van der Waals surface area (Å²) in [5, 5.41) is 11.4. The summed E-state index contributed by atoms with van der Waals surface area (Å²) in [7, 11) is 0. The minimum absolute atomic E-state index is 0.235. The van der Waals surface area contributed by atoms with E-state index in [1.165, 1.54) is 6.07 Å². The molecule has 10 heteroatoms. The van der Waals surface area contributed by atoms with Gasteiger partial charge in [0.25, 0.3) is 5.91 Å². The van der Waals surface area contributed by atoms with Crippen LogP contribution in [0, 0.1) is 13.8 Å². The van der Waals surface area contributed by atoms with Crippen molar-refractivity contribution in [2.75, 3.05) is 5.32 Å². The standard InChI is InChI=1S/C17H15Cl2F2N5O/c1-9-15(23-16(27)14-5-6-22-26(14)17(20)21)10(2)25(24-9)8-11-3-4-12(18)13(19)7-11/h3-7,17H,8H2,1-2H3,(H,23,27). The maximum Gasteiger partial charge on any atom is 0.333 e. The van der Waals surface area contributed by atoms with Gasteiger partial charge in [0.1, 0.15) is 5.69 Å². The van der Waals surface area contributed by atoms with Crippen molar-refractivity contribution in [1.29, 1.82) is 0 Å². The summed E-state index contributed by atoms with van der Waals surface area (Å²) in [5.74, 6) is -0.687. The van der Waals surface area contributed by atoms with E-state index >= 15 is 0 Å². The third-order valence-corrected chi connectivity index (χ3v) is 4.76. The van der Waals surface area contributed by atoms with E-state index in [4.69, 9.17) is 23.2 Å².